The average Bonchev–Trinajstić information content (AvgIpc) is 2.24. The van der Waals surface area contributed by atoms with Crippen LogP contribution >= 0.6 is 0 Å². The van der Waals surface area contributed by atoms with Gasteiger partial charge in [0.2, 0.25) is 0 Å². The summed E-state index contributed by atoms with van der Waals surface area (Å²) >= 11 is 0. The first-order valence-electron chi connectivity index (χ1n) is 5.93. The molecule has 0 aromatic rings. The molecule has 0 saturated carbocycles. The standard InChI is InChI=1S/C11H24N2O2/c1-2-3-5-8-12-11(15)13-9-6-4-7-10-14/h14H,2-10H2,1H3,(H2,12,13,15). The molecule has 0 aliphatic rings. The Balaban J connectivity index is 3.11. The van der Waals surface area contributed by atoms with Gasteiger partial charge in [0.1, 0.15) is 0 Å². The van der Waals surface area contributed by atoms with Crippen LogP contribution in [-0.2, 0) is 0 Å². The molecule has 0 fully saturated rings. The molecule has 0 radical (unpaired) electrons. The van der Waals surface area contributed by atoms with Gasteiger partial charge in [0.05, 0.1) is 0 Å². The minimum absolute atomic E-state index is 0.0740. The Bertz CT molecular complexity index is 152. The molecule has 0 rings (SSSR count). The quantitative estimate of drug-likeness (QED) is 0.513. The van der Waals surface area contributed by atoms with E-state index in [1.54, 1.807) is 0 Å². The first kappa shape index (κ1) is 14.2. The zero-order valence-electron chi connectivity index (χ0n) is 9.72. The van der Waals surface area contributed by atoms with Gasteiger partial charge in [0, 0.05) is 19.7 Å². The van der Waals surface area contributed by atoms with E-state index in [1.165, 1.54) is 6.42 Å². The minimum Gasteiger partial charge on any atom is -0.396 e. The summed E-state index contributed by atoms with van der Waals surface area (Å²) in [5, 5.41) is 14.1. The highest BCUT2D eigenvalue weighted by molar-refractivity contribution is 5.73. The molecule has 0 aliphatic carbocycles. The van der Waals surface area contributed by atoms with Crippen molar-refractivity contribution in [3.05, 3.63) is 0 Å². The summed E-state index contributed by atoms with van der Waals surface area (Å²) in [5.41, 5.74) is 0. The lowest BCUT2D eigenvalue weighted by Crippen LogP contribution is -2.36. The molecule has 0 aromatic heterocycles. The van der Waals surface area contributed by atoms with Crippen molar-refractivity contribution in [2.24, 2.45) is 0 Å². The van der Waals surface area contributed by atoms with Crippen molar-refractivity contribution in [3.8, 4) is 0 Å². The molecular weight excluding hydrogens is 192 g/mol. The summed E-state index contributed by atoms with van der Waals surface area (Å²) in [7, 11) is 0. The monoisotopic (exact) mass is 216 g/mol. The van der Waals surface area contributed by atoms with Crippen LogP contribution in [0.5, 0.6) is 0 Å². The van der Waals surface area contributed by atoms with E-state index in [9.17, 15) is 4.79 Å². The Hall–Kier alpha value is -0.770. The third kappa shape index (κ3) is 11.2. The van der Waals surface area contributed by atoms with E-state index in [2.05, 4.69) is 17.6 Å². The lowest BCUT2D eigenvalue weighted by Gasteiger charge is -2.06. The second kappa shape index (κ2) is 11.3. The van der Waals surface area contributed by atoms with Gasteiger partial charge in [-0.05, 0) is 25.7 Å². The topological polar surface area (TPSA) is 61.4 Å². The van der Waals surface area contributed by atoms with E-state index in [0.29, 0.717) is 6.54 Å². The molecule has 2 amide bonds. The maximum Gasteiger partial charge on any atom is 0.314 e. The molecule has 90 valence electrons. The van der Waals surface area contributed by atoms with Gasteiger partial charge >= 0.3 is 6.03 Å². The summed E-state index contributed by atoms with van der Waals surface area (Å²) in [5.74, 6) is 0. The molecule has 0 aromatic carbocycles. The smallest absolute Gasteiger partial charge is 0.314 e. The van der Waals surface area contributed by atoms with Crippen LogP contribution in [0, 0.1) is 0 Å². The average molecular weight is 216 g/mol. The Kier molecular flexibility index (Phi) is 10.7. The van der Waals surface area contributed by atoms with Crippen LogP contribution in [0.25, 0.3) is 0 Å². The van der Waals surface area contributed by atoms with E-state index in [0.717, 1.165) is 38.6 Å². The lowest BCUT2D eigenvalue weighted by molar-refractivity contribution is 0.240. The van der Waals surface area contributed by atoms with E-state index in [4.69, 9.17) is 5.11 Å². The van der Waals surface area contributed by atoms with Crippen molar-refractivity contribution >= 4 is 6.03 Å². The van der Waals surface area contributed by atoms with Crippen LogP contribution in [0.4, 0.5) is 4.79 Å². The molecule has 0 heterocycles. The van der Waals surface area contributed by atoms with Crippen molar-refractivity contribution in [3.63, 3.8) is 0 Å². The molecule has 0 atom stereocenters. The Labute approximate surface area is 92.4 Å². The number of unbranched alkanes of at least 4 members (excludes halogenated alkanes) is 4. The second-order valence-electron chi connectivity index (χ2n) is 3.67. The van der Waals surface area contributed by atoms with Crippen molar-refractivity contribution in [1.82, 2.24) is 10.6 Å². The molecular formula is C11H24N2O2. The Morgan fingerprint density at radius 3 is 2.13 bits per heavy atom. The van der Waals surface area contributed by atoms with Crippen LogP contribution < -0.4 is 10.6 Å². The zero-order valence-corrected chi connectivity index (χ0v) is 9.72. The third-order valence-corrected chi connectivity index (χ3v) is 2.19. The Morgan fingerprint density at radius 1 is 1.00 bits per heavy atom. The van der Waals surface area contributed by atoms with Gasteiger partial charge in [0.15, 0.2) is 0 Å². The highest BCUT2D eigenvalue weighted by atomic mass is 16.2. The molecule has 4 nitrogen and oxygen atoms in total. The Morgan fingerprint density at radius 2 is 1.60 bits per heavy atom. The van der Waals surface area contributed by atoms with E-state index >= 15 is 0 Å². The lowest BCUT2D eigenvalue weighted by atomic mass is 10.2. The normalized spacial score (nSPS) is 10.0. The zero-order chi connectivity index (χ0) is 11.4. The predicted octanol–water partition coefficient (Wildman–Crippen LogP) is 1.64. The number of carbonyl (C=O) groups is 1. The summed E-state index contributed by atoms with van der Waals surface area (Å²) < 4.78 is 0. The molecule has 0 spiro atoms. The van der Waals surface area contributed by atoms with E-state index in [1.807, 2.05) is 0 Å². The molecule has 0 aliphatic heterocycles. The van der Waals surface area contributed by atoms with Crippen molar-refractivity contribution in [2.75, 3.05) is 19.7 Å². The molecule has 3 N–H and O–H groups in total. The molecule has 0 saturated heterocycles. The van der Waals surface area contributed by atoms with Gasteiger partial charge in [-0.2, -0.15) is 0 Å². The van der Waals surface area contributed by atoms with Crippen molar-refractivity contribution in [1.29, 1.82) is 0 Å². The van der Waals surface area contributed by atoms with Crippen LogP contribution in [0.3, 0.4) is 0 Å². The van der Waals surface area contributed by atoms with Crippen LogP contribution in [0.1, 0.15) is 45.4 Å². The number of nitrogens with one attached hydrogen (secondary N) is 2. The fraction of sp³-hybridized carbons (Fsp3) is 0.909. The number of hydrogen-bond donors (Lipinski definition) is 3. The van der Waals surface area contributed by atoms with Crippen LogP contribution in [0.15, 0.2) is 0 Å². The summed E-state index contributed by atoms with van der Waals surface area (Å²) in [4.78, 5) is 11.2. The highest BCUT2D eigenvalue weighted by Gasteiger charge is 1.97. The molecule has 0 bridgehead atoms. The maximum absolute atomic E-state index is 11.2. The van der Waals surface area contributed by atoms with E-state index in [-0.39, 0.29) is 12.6 Å². The third-order valence-electron chi connectivity index (χ3n) is 2.19. The molecule has 15 heavy (non-hydrogen) atoms. The maximum atomic E-state index is 11.2. The SMILES string of the molecule is CCCCCNC(=O)NCCCCCO. The van der Waals surface area contributed by atoms with Gasteiger partial charge in [-0.25, -0.2) is 4.79 Å². The summed E-state index contributed by atoms with van der Waals surface area (Å²) in [6, 6.07) is -0.0740. The number of carbonyl (C=O) groups excluding carboxylic acids is 1. The van der Waals surface area contributed by atoms with E-state index < -0.39 is 0 Å². The summed E-state index contributed by atoms with van der Waals surface area (Å²) in [6.07, 6.45) is 6.10. The fourth-order valence-corrected chi connectivity index (χ4v) is 1.25. The van der Waals surface area contributed by atoms with Crippen LogP contribution in [0.2, 0.25) is 0 Å². The first-order chi connectivity index (χ1) is 7.31. The first-order valence-corrected chi connectivity index (χ1v) is 5.93. The second-order valence-corrected chi connectivity index (χ2v) is 3.67. The van der Waals surface area contributed by atoms with Gasteiger partial charge in [-0.15, -0.1) is 0 Å². The van der Waals surface area contributed by atoms with Gasteiger partial charge < -0.3 is 15.7 Å². The van der Waals surface area contributed by atoms with Crippen molar-refractivity contribution < 1.29 is 9.90 Å². The molecule has 0 unspecified atom stereocenters. The van der Waals surface area contributed by atoms with Gasteiger partial charge in [0.25, 0.3) is 0 Å². The minimum atomic E-state index is -0.0740. The number of urea groups is 1. The number of aliphatic hydroxyl groups excluding tert-OH is 1. The van der Waals surface area contributed by atoms with Gasteiger partial charge in [-0.1, -0.05) is 19.8 Å². The largest absolute Gasteiger partial charge is 0.396 e. The predicted molar refractivity (Wildman–Crippen MR) is 61.9 cm³/mol. The highest BCUT2D eigenvalue weighted by Crippen LogP contribution is 1.92. The summed E-state index contributed by atoms with van der Waals surface area (Å²) in [6.45, 7) is 3.83. The number of amides is 2. The number of rotatable bonds is 9. The van der Waals surface area contributed by atoms with Gasteiger partial charge in [-0.3, -0.25) is 0 Å². The molecule has 4 heteroatoms. The number of aliphatic hydroxyl groups is 1. The fourth-order valence-electron chi connectivity index (χ4n) is 1.25. The van der Waals surface area contributed by atoms with Crippen LogP contribution in [-0.4, -0.2) is 30.8 Å². The van der Waals surface area contributed by atoms with Crippen molar-refractivity contribution in [2.45, 2.75) is 45.4 Å². The number of hydrogen-bond acceptors (Lipinski definition) is 2.